The maximum atomic E-state index is 12.2. The quantitative estimate of drug-likeness (QED) is 0.547. The maximum Gasteiger partial charge on any atom is 0.191 e. The molecule has 3 atom stereocenters. The Morgan fingerprint density at radius 2 is 1.93 bits per heavy atom. The standard InChI is InChI=1S/C21H35N3O2S/c1-2-27(25)20-12-6-10-18(16-20)24-21(23-17-8-4-3-5-9-17)22-14-13-19-11-7-15-26-19/h7,11,15,17-18,20H,2-6,8-10,12-14,16H2,1H3,(H2,22,23,24). The summed E-state index contributed by atoms with van der Waals surface area (Å²) >= 11 is 0. The third kappa shape index (κ3) is 6.66. The van der Waals surface area contributed by atoms with E-state index in [0.29, 0.717) is 23.9 Å². The van der Waals surface area contributed by atoms with Crippen molar-refractivity contribution in [1.82, 2.24) is 10.6 Å². The highest BCUT2D eigenvalue weighted by atomic mass is 32.2. The van der Waals surface area contributed by atoms with Crippen molar-refractivity contribution >= 4 is 16.8 Å². The first kappa shape index (κ1) is 20.4. The Morgan fingerprint density at radius 1 is 1.15 bits per heavy atom. The molecule has 1 aromatic heterocycles. The lowest BCUT2D eigenvalue weighted by atomic mass is 9.94. The van der Waals surface area contributed by atoms with E-state index in [4.69, 9.17) is 9.41 Å². The molecular formula is C21H35N3O2S. The fourth-order valence-corrected chi connectivity index (χ4v) is 5.60. The summed E-state index contributed by atoms with van der Waals surface area (Å²) in [7, 11) is -0.694. The minimum absolute atomic E-state index is 0.334. The van der Waals surface area contributed by atoms with Crippen molar-refractivity contribution in [2.24, 2.45) is 4.99 Å². The molecule has 2 N–H and O–H groups in total. The van der Waals surface area contributed by atoms with E-state index < -0.39 is 10.8 Å². The lowest BCUT2D eigenvalue weighted by Gasteiger charge is -2.32. The topological polar surface area (TPSA) is 66.6 Å². The summed E-state index contributed by atoms with van der Waals surface area (Å²) in [5.74, 6) is 2.68. The summed E-state index contributed by atoms with van der Waals surface area (Å²) in [6.07, 6.45) is 13.3. The average Bonchev–Trinajstić information content (AvgIpc) is 3.22. The largest absolute Gasteiger partial charge is 0.469 e. The van der Waals surface area contributed by atoms with Gasteiger partial charge in [0.15, 0.2) is 5.96 Å². The Labute approximate surface area is 166 Å². The molecule has 3 unspecified atom stereocenters. The zero-order valence-corrected chi connectivity index (χ0v) is 17.4. The van der Waals surface area contributed by atoms with Crippen LogP contribution in [0.4, 0.5) is 0 Å². The molecule has 0 aromatic carbocycles. The van der Waals surface area contributed by atoms with Crippen molar-refractivity contribution in [2.45, 2.75) is 88.5 Å². The van der Waals surface area contributed by atoms with E-state index in [1.54, 1.807) is 6.26 Å². The van der Waals surface area contributed by atoms with Crippen LogP contribution in [0.2, 0.25) is 0 Å². The van der Waals surface area contributed by atoms with Crippen LogP contribution in [0, 0.1) is 0 Å². The van der Waals surface area contributed by atoms with E-state index in [9.17, 15) is 4.21 Å². The lowest BCUT2D eigenvalue weighted by Crippen LogP contribution is -2.50. The molecule has 2 saturated carbocycles. The number of nitrogens with one attached hydrogen (secondary N) is 2. The van der Waals surface area contributed by atoms with Crippen LogP contribution in [0.3, 0.4) is 0 Å². The maximum absolute atomic E-state index is 12.2. The summed E-state index contributed by atoms with van der Waals surface area (Å²) < 4.78 is 17.7. The highest BCUT2D eigenvalue weighted by molar-refractivity contribution is 7.85. The second-order valence-electron chi connectivity index (χ2n) is 7.84. The molecule has 1 aromatic rings. The molecule has 3 rings (SSSR count). The van der Waals surface area contributed by atoms with Crippen LogP contribution in [0.25, 0.3) is 0 Å². The summed E-state index contributed by atoms with van der Waals surface area (Å²) in [6, 6.07) is 4.83. The Bertz CT molecular complexity index is 597. The van der Waals surface area contributed by atoms with E-state index >= 15 is 0 Å². The molecule has 2 fully saturated rings. The Kier molecular flexibility index (Phi) is 8.24. The van der Waals surface area contributed by atoms with Crippen LogP contribution in [-0.4, -0.2) is 39.8 Å². The van der Waals surface area contributed by atoms with Gasteiger partial charge in [-0.25, -0.2) is 0 Å². The second kappa shape index (κ2) is 10.9. The zero-order valence-electron chi connectivity index (χ0n) is 16.6. The van der Waals surface area contributed by atoms with Crippen LogP contribution in [0.15, 0.2) is 27.8 Å². The predicted octanol–water partition coefficient (Wildman–Crippen LogP) is 3.77. The van der Waals surface area contributed by atoms with Gasteiger partial charge in [0.05, 0.1) is 6.26 Å². The molecule has 0 bridgehead atoms. The third-order valence-electron chi connectivity index (χ3n) is 5.78. The van der Waals surface area contributed by atoms with Gasteiger partial charge in [0.1, 0.15) is 5.76 Å². The minimum Gasteiger partial charge on any atom is -0.469 e. The SMILES string of the molecule is CCS(=O)C1CCCC(NC(=NCCc2ccco2)NC2CCCCC2)C1. The number of aliphatic imine (C=N–C) groups is 1. The van der Waals surface area contributed by atoms with E-state index in [1.807, 2.05) is 19.1 Å². The smallest absolute Gasteiger partial charge is 0.191 e. The van der Waals surface area contributed by atoms with Gasteiger partial charge in [0.2, 0.25) is 0 Å². The summed E-state index contributed by atoms with van der Waals surface area (Å²) in [6.45, 7) is 2.74. The van der Waals surface area contributed by atoms with E-state index in [-0.39, 0.29) is 0 Å². The summed E-state index contributed by atoms with van der Waals surface area (Å²) in [4.78, 5) is 4.84. The molecule has 1 heterocycles. The molecule has 5 nitrogen and oxygen atoms in total. The van der Waals surface area contributed by atoms with Crippen molar-refractivity contribution in [1.29, 1.82) is 0 Å². The van der Waals surface area contributed by atoms with Gasteiger partial charge < -0.3 is 15.1 Å². The first-order valence-corrected chi connectivity index (χ1v) is 12.1. The third-order valence-corrected chi connectivity index (χ3v) is 7.52. The van der Waals surface area contributed by atoms with Crippen molar-refractivity contribution in [3.05, 3.63) is 24.2 Å². The van der Waals surface area contributed by atoms with Crippen LogP contribution in [-0.2, 0) is 17.2 Å². The fraction of sp³-hybridized carbons (Fsp3) is 0.762. The number of guanidine groups is 1. The molecule has 152 valence electrons. The highest BCUT2D eigenvalue weighted by Crippen LogP contribution is 2.23. The molecule has 6 heteroatoms. The second-order valence-corrected chi connectivity index (χ2v) is 9.84. The molecular weight excluding hydrogens is 358 g/mol. The van der Waals surface area contributed by atoms with Crippen LogP contribution >= 0.6 is 0 Å². The molecule has 2 aliphatic carbocycles. The highest BCUT2D eigenvalue weighted by Gasteiger charge is 2.26. The van der Waals surface area contributed by atoms with Crippen LogP contribution in [0.5, 0.6) is 0 Å². The molecule has 0 aliphatic heterocycles. The Hall–Kier alpha value is -1.30. The van der Waals surface area contributed by atoms with Crippen LogP contribution in [0.1, 0.15) is 70.5 Å². The van der Waals surface area contributed by atoms with Gasteiger partial charge in [0, 0.05) is 46.9 Å². The van der Waals surface area contributed by atoms with Gasteiger partial charge >= 0.3 is 0 Å². The lowest BCUT2D eigenvalue weighted by molar-refractivity contribution is 0.390. The van der Waals surface area contributed by atoms with Crippen molar-refractivity contribution < 1.29 is 8.63 Å². The van der Waals surface area contributed by atoms with Gasteiger partial charge in [-0.15, -0.1) is 0 Å². The van der Waals surface area contributed by atoms with Gasteiger partial charge in [0.25, 0.3) is 0 Å². The molecule has 27 heavy (non-hydrogen) atoms. The van der Waals surface area contributed by atoms with E-state index in [2.05, 4.69) is 10.6 Å². The summed E-state index contributed by atoms with van der Waals surface area (Å²) in [5.41, 5.74) is 0. The number of furan rings is 1. The van der Waals surface area contributed by atoms with Gasteiger partial charge in [-0.05, 0) is 44.2 Å². The van der Waals surface area contributed by atoms with Gasteiger partial charge in [-0.1, -0.05) is 32.6 Å². The van der Waals surface area contributed by atoms with Gasteiger partial charge in [-0.3, -0.25) is 9.20 Å². The molecule has 0 amide bonds. The Balaban J connectivity index is 1.58. The minimum atomic E-state index is -0.694. The summed E-state index contributed by atoms with van der Waals surface area (Å²) in [5, 5.41) is 7.67. The normalized spacial score (nSPS) is 25.9. The van der Waals surface area contributed by atoms with E-state index in [0.717, 1.165) is 49.6 Å². The number of hydrogen-bond acceptors (Lipinski definition) is 3. The number of hydrogen-bond donors (Lipinski definition) is 2. The average molecular weight is 394 g/mol. The molecule has 0 radical (unpaired) electrons. The molecule has 0 saturated heterocycles. The molecule has 0 spiro atoms. The first-order valence-electron chi connectivity index (χ1n) is 10.7. The first-order chi connectivity index (χ1) is 13.2. The van der Waals surface area contributed by atoms with E-state index in [1.165, 1.54) is 32.1 Å². The zero-order chi connectivity index (χ0) is 18.9. The predicted molar refractivity (Wildman–Crippen MR) is 113 cm³/mol. The Morgan fingerprint density at radius 3 is 2.67 bits per heavy atom. The number of rotatable bonds is 7. The molecule has 2 aliphatic rings. The van der Waals surface area contributed by atoms with Crippen molar-refractivity contribution in [2.75, 3.05) is 12.3 Å². The fourth-order valence-electron chi connectivity index (χ4n) is 4.25. The monoisotopic (exact) mass is 393 g/mol. The van der Waals surface area contributed by atoms with Crippen molar-refractivity contribution in [3.63, 3.8) is 0 Å². The van der Waals surface area contributed by atoms with Crippen molar-refractivity contribution in [3.8, 4) is 0 Å². The van der Waals surface area contributed by atoms with Crippen LogP contribution < -0.4 is 10.6 Å². The van der Waals surface area contributed by atoms with Gasteiger partial charge in [-0.2, -0.15) is 0 Å². The number of nitrogens with zero attached hydrogens (tertiary/aromatic N) is 1.